The molecule has 7 heteroatoms. The Morgan fingerprint density at radius 3 is 2.33 bits per heavy atom. The van der Waals surface area contributed by atoms with E-state index >= 15 is 8.78 Å². The van der Waals surface area contributed by atoms with E-state index in [0.717, 1.165) is 76.1 Å². The summed E-state index contributed by atoms with van der Waals surface area (Å²) in [6.07, 6.45) is 12.1. The Labute approximate surface area is 238 Å². The van der Waals surface area contributed by atoms with Gasteiger partial charge >= 0.3 is 0 Å². The molecule has 1 aromatic heterocycles. The van der Waals surface area contributed by atoms with E-state index in [1.807, 2.05) is 0 Å². The Bertz CT molecular complexity index is 1290. The van der Waals surface area contributed by atoms with Crippen LogP contribution in [-0.4, -0.2) is 51.8 Å². The molecule has 216 valence electrons. The third kappa shape index (κ3) is 5.10. The van der Waals surface area contributed by atoms with Gasteiger partial charge in [-0.3, -0.25) is 4.68 Å². The summed E-state index contributed by atoms with van der Waals surface area (Å²) < 4.78 is 33.3. The molecule has 1 aliphatic carbocycles. The Kier molecular flexibility index (Phi) is 7.77. The summed E-state index contributed by atoms with van der Waals surface area (Å²) in [5.74, 6) is -0.404. The summed E-state index contributed by atoms with van der Waals surface area (Å²) in [5, 5.41) is 8.43. The molecule has 40 heavy (non-hydrogen) atoms. The van der Waals surface area contributed by atoms with Gasteiger partial charge in [-0.05, 0) is 82.4 Å². The predicted molar refractivity (Wildman–Crippen MR) is 158 cm³/mol. The minimum Gasteiger partial charge on any atom is -0.375 e. The highest BCUT2D eigenvalue weighted by molar-refractivity contribution is 5.84. The monoisotopic (exact) mass is 549 g/mol. The van der Waals surface area contributed by atoms with Gasteiger partial charge in [0, 0.05) is 60.1 Å². The van der Waals surface area contributed by atoms with Gasteiger partial charge in [0.15, 0.2) is 5.82 Å². The van der Waals surface area contributed by atoms with Gasteiger partial charge in [-0.2, -0.15) is 5.10 Å². The van der Waals surface area contributed by atoms with Crippen molar-refractivity contribution in [3.8, 4) is 0 Å². The Morgan fingerprint density at radius 2 is 1.65 bits per heavy atom. The van der Waals surface area contributed by atoms with Crippen molar-refractivity contribution in [1.82, 2.24) is 24.9 Å². The molecule has 3 saturated heterocycles. The van der Waals surface area contributed by atoms with E-state index in [4.69, 9.17) is 0 Å². The summed E-state index contributed by atoms with van der Waals surface area (Å²) in [6, 6.07) is 2.08. The van der Waals surface area contributed by atoms with Crippen LogP contribution < -0.4 is 5.32 Å². The molecular weight excluding hydrogens is 504 g/mol. The van der Waals surface area contributed by atoms with Crippen molar-refractivity contribution in [3.63, 3.8) is 0 Å². The zero-order chi connectivity index (χ0) is 28.0. The summed E-state index contributed by atoms with van der Waals surface area (Å²) >= 11 is 0. The molecule has 0 bridgehead atoms. The first-order valence-electron chi connectivity index (χ1n) is 15.5. The van der Waals surface area contributed by atoms with Crippen molar-refractivity contribution < 1.29 is 8.78 Å². The highest BCUT2D eigenvalue weighted by Gasteiger charge is 2.34. The lowest BCUT2D eigenvalue weighted by atomic mass is 9.85. The highest BCUT2D eigenvalue weighted by Crippen LogP contribution is 2.41. The Morgan fingerprint density at radius 1 is 0.950 bits per heavy atom. The molecule has 1 N–H and O–H groups in total. The van der Waals surface area contributed by atoms with E-state index in [9.17, 15) is 0 Å². The molecule has 1 saturated carbocycles. The normalized spacial score (nSPS) is 24.6. The molecule has 4 fully saturated rings. The smallest absolute Gasteiger partial charge is 0.155 e. The van der Waals surface area contributed by atoms with Crippen molar-refractivity contribution in [2.24, 2.45) is 13.0 Å². The Balaban J connectivity index is 1.11. The number of hydrogen-bond donors (Lipinski definition) is 1. The van der Waals surface area contributed by atoms with Crippen LogP contribution in [0.1, 0.15) is 93.7 Å². The number of allylic oxidation sites excluding steroid dienone is 3. The van der Waals surface area contributed by atoms with Crippen molar-refractivity contribution in [2.75, 3.05) is 26.2 Å². The van der Waals surface area contributed by atoms with Crippen LogP contribution in [0.25, 0.3) is 10.9 Å². The maximum absolute atomic E-state index is 16.1. The lowest BCUT2D eigenvalue weighted by Crippen LogP contribution is -2.47. The minimum atomic E-state index is -0.442. The number of rotatable bonds is 5. The number of fused-ring (bicyclic) bond motifs is 1. The van der Waals surface area contributed by atoms with Crippen LogP contribution in [0.5, 0.6) is 0 Å². The molecule has 4 heterocycles. The maximum Gasteiger partial charge on any atom is 0.155 e. The second-order valence-corrected chi connectivity index (χ2v) is 12.7. The zero-order valence-electron chi connectivity index (χ0n) is 24.2. The molecule has 2 aromatic rings. The maximum atomic E-state index is 16.1. The lowest BCUT2D eigenvalue weighted by Gasteiger charge is -2.44. The second kappa shape index (κ2) is 11.3. The van der Waals surface area contributed by atoms with Crippen LogP contribution in [0.3, 0.4) is 0 Å². The van der Waals surface area contributed by atoms with E-state index < -0.39 is 11.6 Å². The third-order valence-electron chi connectivity index (χ3n) is 10.3. The summed E-state index contributed by atoms with van der Waals surface area (Å²) in [7, 11) is 1.76. The van der Waals surface area contributed by atoms with Gasteiger partial charge in [-0.1, -0.05) is 39.0 Å². The molecule has 1 unspecified atom stereocenters. The van der Waals surface area contributed by atoms with Crippen LogP contribution in [0.15, 0.2) is 42.9 Å². The van der Waals surface area contributed by atoms with Gasteiger partial charge in [-0.25, -0.2) is 8.78 Å². The fourth-order valence-corrected chi connectivity index (χ4v) is 7.97. The van der Waals surface area contributed by atoms with Gasteiger partial charge < -0.3 is 15.1 Å². The number of halogens is 2. The number of aryl methyl sites for hydroxylation is 1. The Hall–Kier alpha value is -2.67. The first-order valence-corrected chi connectivity index (χ1v) is 15.5. The molecule has 5 nitrogen and oxygen atoms in total. The highest BCUT2D eigenvalue weighted by atomic mass is 19.1. The number of benzene rings is 1. The number of nitrogens with zero attached hydrogens (tertiary/aromatic N) is 4. The molecule has 1 atom stereocenters. The van der Waals surface area contributed by atoms with E-state index in [2.05, 4.69) is 40.0 Å². The van der Waals surface area contributed by atoms with Crippen molar-refractivity contribution in [2.45, 2.75) is 88.5 Å². The summed E-state index contributed by atoms with van der Waals surface area (Å²) in [5.41, 5.74) is 4.41. The molecule has 3 aliphatic heterocycles. The molecule has 1 aromatic carbocycles. The zero-order valence-corrected chi connectivity index (χ0v) is 24.2. The van der Waals surface area contributed by atoms with Gasteiger partial charge in [0.2, 0.25) is 0 Å². The molecular formula is C33H45F2N5. The second-order valence-electron chi connectivity index (χ2n) is 12.7. The van der Waals surface area contributed by atoms with Crippen LogP contribution >= 0.6 is 0 Å². The largest absolute Gasteiger partial charge is 0.375 e. The fourth-order valence-electron chi connectivity index (χ4n) is 7.97. The number of piperidine rings is 3. The topological polar surface area (TPSA) is 36.3 Å². The lowest BCUT2D eigenvalue weighted by molar-refractivity contribution is 0.0927. The average molecular weight is 550 g/mol. The van der Waals surface area contributed by atoms with Crippen LogP contribution in [0.4, 0.5) is 8.78 Å². The number of nitrogens with one attached hydrogen (secondary N) is 1. The van der Waals surface area contributed by atoms with E-state index in [0.29, 0.717) is 28.6 Å². The van der Waals surface area contributed by atoms with E-state index in [1.165, 1.54) is 43.9 Å². The van der Waals surface area contributed by atoms with Crippen LogP contribution in [0.2, 0.25) is 0 Å². The van der Waals surface area contributed by atoms with E-state index in [-0.39, 0.29) is 17.4 Å². The first-order chi connectivity index (χ1) is 19.3. The summed E-state index contributed by atoms with van der Waals surface area (Å²) in [6.45, 7) is 16.6. The van der Waals surface area contributed by atoms with Crippen molar-refractivity contribution >= 4 is 10.9 Å². The number of aromatic nitrogens is 2. The molecule has 0 spiro atoms. The quantitative estimate of drug-likeness (QED) is 0.432. The van der Waals surface area contributed by atoms with E-state index in [1.54, 1.807) is 11.7 Å². The number of hydrogen-bond acceptors (Lipinski definition) is 4. The van der Waals surface area contributed by atoms with Crippen molar-refractivity contribution in [3.05, 3.63) is 65.8 Å². The van der Waals surface area contributed by atoms with Gasteiger partial charge in [0.05, 0.1) is 5.69 Å². The average Bonchev–Trinajstić information content (AvgIpc) is 3.29. The van der Waals surface area contributed by atoms with Crippen LogP contribution in [-0.2, 0) is 7.05 Å². The van der Waals surface area contributed by atoms with Gasteiger partial charge in [0.25, 0.3) is 0 Å². The van der Waals surface area contributed by atoms with Crippen molar-refractivity contribution in [1.29, 1.82) is 0 Å². The SMILES string of the molecule is C=C1CCC(c2nn(C)c3c(F)c(C4CCN(C5CCN(C(=C)C6CCCCC6)CC5)CC4)c(F)cc23)C(=C)N1. The molecule has 0 amide bonds. The fraction of sp³-hybridized carbons (Fsp3) is 0.606. The molecule has 4 aliphatic rings. The minimum absolute atomic E-state index is 0.0895. The predicted octanol–water partition coefficient (Wildman–Crippen LogP) is 7.08. The van der Waals surface area contributed by atoms with Gasteiger partial charge in [-0.15, -0.1) is 0 Å². The molecule has 0 radical (unpaired) electrons. The van der Waals surface area contributed by atoms with Gasteiger partial charge in [0.1, 0.15) is 11.3 Å². The number of likely N-dealkylation sites (tertiary alicyclic amines) is 2. The first kappa shape index (κ1) is 27.5. The standard InChI is InChI=1S/C33H45F2N5/c1-21-10-11-27(22(2)36-21)32-28-20-29(34)30(31(35)33(28)38(4)37-32)25-12-16-40(17-13-25)26-14-18-39(19-15-26)23(3)24-8-6-5-7-9-24/h20,24-27,36H,1-3,5-19H2,4H3. The molecule has 6 rings (SSSR count). The van der Waals surface area contributed by atoms with Crippen LogP contribution in [0, 0.1) is 17.6 Å². The third-order valence-corrected chi connectivity index (χ3v) is 10.3. The summed E-state index contributed by atoms with van der Waals surface area (Å²) in [4.78, 5) is 5.11.